The molecule has 0 radical (unpaired) electrons. The van der Waals surface area contributed by atoms with Gasteiger partial charge in [0.05, 0.1) is 27.7 Å². The maximum atomic E-state index is 2.23. The van der Waals surface area contributed by atoms with Crippen molar-refractivity contribution in [3.63, 3.8) is 0 Å². The molecule has 2 nitrogen and oxygen atoms in total. The lowest BCUT2D eigenvalue weighted by molar-refractivity contribution is -0.870. The van der Waals surface area contributed by atoms with Crippen LogP contribution < -0.4 is 12.4 Å². The fourth-order valence-corrected chi connectivity index (χ4v) is 1.12. The molecule has 0 aromatic rings. The summed E-state index contributed by atoms with van der Waals surface area (Å²) in [6, 6.07) is 0. The Morgan fingerprint density at radius 2 is 1.77 bits per heavy atom. The quantitative estimate of drug-likeness (QED) is 0.498. The fraction of sp³-hybridized carbons (Fsp3) is 0.800. The second kappa shape index (κ2) is 7.22. The number of allylic oxidation sites excluding steroid dienone is 1. The van der Waals surface area contributed by atoms with Gasteiger partial charge in [-0.3, -0.25) is 0 Å². The third-order valence-electron chi connectivity index (χ3n) is 1.74. The summed E-state index contributed by atoms with van der Waals surface area (Å²) in [5.74, 6) is 0. The van der Waals surface area contributed by atoms with E-state index in [1.165, 1.54) is 13.0 Å². The molecule has 13 heavy (non-hydrogen) atoms. The minimum absolute atomic E-state index is 0. The Bertz CT molecular complexity index is 138. The molecule has 0 aromatic heterocycles. The van der Waals surface area contributed by atoms with Gasteiger partial charge in [-0.05, 0) is 13.1 Å². The van der Waals surface area contributed by atoms with Crippen molar-refractivity contribution < 1.29 is 16.9 Å². The summed E-state index contributed by atoms with van der Waals surface area (Å²) >= 11 is 0. The summed E-state index contributed by atoms with van der Waals surface area (Å²) in [5, 5.41) is 0. The number of quaternary nitrogens is 1. The molecular formula is C10H23ClN2. The molecule has 0 saturated carbocycles. The zero-order valence-corrected chi connectivity index (χ0v) is 10.3. The number of hydrogen-bond acceptors (Lipinski definition) is 1. The molecule has 0 aliphatic rings. The van der Waals surface area contributed by atoms with Gasteiger partial charge in [0.1, 0.15) is 0 Å². The highest BCUT2D eigenvalue weighted by atomic mass is 35.5. The predicted molar refractivity (Wildman–Crippen MR) is 55.0 cm³/mol. The van der Waals surface area contributed by atoms with Gasteiger partial charge in [-0.25, -0.2) is 0 Å². The van der Waals surface area contributed by atoms with E-state index in [2.05, 4.69) is 52.3 Å². The summed E-state index contributed by atoms with van der Waals surface area (Å²) in [4.78, 5) is 2.23. The third kappa shape index (κ3) is 11.8. The second-order valence-corrected chi connectivity index (χ2v) is 4.33. The standard InChI is InChI=1S/C10H23N2.ClH/c1-6-8-11(2)9-7-10-12(3,4)5;/h6,8H,7,9-10H2,1-5H3;1H/q+1;/p-1. The van der Waals surface area contributed by atoms with Crippen molar-refractivity contribution in [2.24, 2.45) is 0 Å². The topological polar surface area (TPSA) is 3.24 Å². The highest BCUT2D eigenvalue weighted by Crippen LogP contribution is 1.95. The van der Waals surface area contributed by atoms with E-state index in [0.717, 1.165) is 11.0 Å². The van der Waals surface area contributed by atoms with Gasteiger partial charge < -0.3 is 21.8 Å². The minimum Gasteiger partial charge on any atom is -1.00 e. The number of nitrogens with zero attached hydrogens (tertiary/aromatic N) is 2. The van der Waals surface area contributed by atoms with E-state index in [0.29, 0.717) is 0 Å². The van der Waals surface area contributed by atoms with E-state index in [4.69, 9.17) is 0 Å². The van der Waals surface area contributed by atoms with Crippen molar-refractivity contribution in [1.82, 2.24) is 4.90 Å². The Balaban J connectivity index is 0. The van der Waals surface area contributed by atoms with E-state index in [1.807, 2.05) is 0 Å². The van der Waals surface area contributed by atoms with Crippen molar-refractivity contribution >= 4 is 0 Å². The molecule has 0 bridgehead atoms. The SMILES string of the molecule is CC=CN(C)CCC[N+](C)(C)C.[Cl-]. The van der Waals surface area contributed by atoms with E-state index in [-0.39, 0.29) is 12.4 Å². The number of halogens is 1. The first kappa shape index (κ1) is 15.3. The summed E-state index contributed by atoms with van der Waals surface area (Å²) in [6.07, 6.45) is 5.45. The molecule has 80 valence electrons. The van der Waals surface area contributed by atoms with Crippen LogP contribution in [0.25, 0.3) is 0 Å². The van der Waals surface area contributed by atoms with Crippen LogP contribution in [0.15, 0.2) is 12.3 Å². The first-order valence-electron chi connectivity index (χ1n) is 4.59. The van der Waals surface area contributed by atoms with Crippen molar-refractivity contribution in [2.45, 2.75) is 13.3 Å². The number of rotatable bonds is 5. The maximum absolute atomic E-state index is 2.23. The average molecular weight is 207 g/mol. The summed E-state index contributed by atoms with van der Waals surface area (Å²) in [7, 11) is 8.82. The van der Waals surface area contributed by atoms with Crippen molar-refractivity contribution in [1.29, 1.82) is 0 Å². The molecule has 0 atom stereocenters. The molecule has 0 N–H and O–H groups in total. The van der Waals surface area contributed by atoms with Crippen LogP contribution in [0.4, 0.5) is 0 Å². The Morgan fingerprint density at radius 1 is 1.23 bits per heavy atom. The highest BCUT2D eigenvalue weighted by molar-refractivity contribution is 4.75. The van der Waals surface area contributed by atoms with Gasteiger partial charge in [-0.1, -0.05) is 6.08 Å². The molecule has 0 amide bonds. The fourth-order valence-electron chi connectivity index (χ4n) is 1.12. The zero-order valence-electron chi connectivity index (χ0n) is 9.55. The lowest BCUT2D eigenvalue weighted by atomic mass is 10.3. The van der Waals surface area contributed by atoms with Crippen LogP contribution in [0.2, 0.25) is 0 Å². The second-order valence-electron chi connectivity index (χ2n) is 4.33. The largest absolute Gasteiger partial charge is 1.00 e. The molecule has 0 aliphatic carbocycles. The van der Waals surface area contributed by atoms with Gasteiger partial charge >= 0.3 is 0 Å². The van der Waals surface area contributed by atoms with Crippen LogP contribution in [-0.4, -0.2) is 50.7 Å². The van der Waals surface area contributed by atoms with Crippen LogP contribution in [-0.2, 0) is 0 Å². The molecule has 0 spiro atoms. The number of hydrogen-bond donors (Lipinski definition) is 0. The van der Waals surface area contributed by atoms with E-state index >= 15 is 0 Å². The van der Waals surface area contributed by atoms with E-state index < -0.39 is 0 Å². The van der Waals surface area contributed by atoms with Gasteiger partial charge in [0.2, 0.25) is 0 Å². The minimum atomic E-state index is 0. The molecule has 0 heterocycles. The lowest BCUT2D eigenvalue weighted by Crippen LogP contribution is -3.00. The molecule has 3 heteroatoms. The zero-order chi connectivity index (χ0) is 9.61. The van der Waals surface area contributed by atoms with Crippen LogP contribution in [0.5, 0.6) is 0 Å². The molecule has 0 aliphatic heterocycles. The van der Waals surface area contributed by atoms with Crippen LogP contribution in [0.3, 0.4) is 0 Å². The summed E-state index contributed by atoms with van der Waals surface area (Å²) in [6.45, 7) is 4.44. The monoisotopic (exact) mass is 206 g/mol. The molecular weight excluding hydrogens is 184 g/mol. The molecule has 0 saturated heterocycles. The van der Waals surface area contributed by atoms with Crippen molar-refractivity contribution in [3.8, 4) is 0 Å². The molecule has 0 unspecified atom stereocenters. The van der Waals surface area contributed by atoms with Crippen LogP contribution in [0.1, 0.15) is 13.3 Å². The van der Waals surface area contributed by atoms with Gasteiger partial charge in [0.25, 0.3) is 0 Å². The van der Waals surface area contributed by atoms with Gasteiger partial charge in [0, 0.05) is 20.0 Å². The van der Waals surface area contributed by atoms with Gasteiger partial charge in [-0.15, -0.1) is 0 Å². The predicted octanol–water partition coefficient (Wildman–Crippen LogP) is -1.45. The normalized spacial score (nSPS) is 11.5. The Kier molecular flexibility index (Phi) is 8.48. The van der Waals surface area contributed by atoms with E-state index in [9.17, 15) is 0 Å². The lowest BCUT2D eigenvalue weighted by Gasteiger charge is -2.25. The summed E-state index contributed by atoms with van der Waals surface area (Å²) < 4.78 is 1.06. The maximum Gasteiger partial charge on any atom is 0.0797 e. The smallest absolute Gasteiger partial charge is 0.0797 e. The third-order valence-corrected chi connectivity index (χ3v) is 1.74. The first-order chi connectivity index (χ1) is 5.45. The van der Waals surface area contributed by atoms with Crippen molar-refractivity contribution in [2.75, 3.05) is 41.3 Å². The molecule has 0 rings (SSSR count). The Labute approximate surface area is 89.2 Å². The Hall–Kier alpha value is -0.210. The Morgan fingerprint density at radius 3 is 2.15 bits per heavy atom. The van der Waals surface area contributed by atoms with Crippen molar-refractivity contribution in [3.05, 3.63) is 12.3 Å². The van der Waals surface area contributed by atoms with Gasteiger partial charge in [-0.2, -0.15) is 0 Å². The van der Waals surface area contributed by atoms with E-state index in [1.54, 1.807) is 0 Å². The van der Waals surface area contributed by atoms with Gasteiger partial charge in [0.15, 0.2) is 0 Å². The highest BCUT2D eigenvalue weighted by Gasteiger charge is 2.05. The average Bonchev–Trinajstić information content (AvgIpc) is 1.84. The van der Waals surface area contributed by atoms with Crippen LogP contribution in [0, 0.1) is 0 Å². The summed E-state index contributed by atoms with van der Waals surface area (Å²) in [5.41, 5.74) is 0. The van der Waals surface area contributed by atoms with Crippen LogP contribution >= 0.6 is 0 Å². The first-order valence-corrected chi connectivity index (χ1v) is 4.59. The molecule has 0 aromatic carbocycles. The molecule has 0 fully saturated rings.